The van der Waals surface area contributed by atoms with Crippen molar-refractivity contribution < 1.29 is 4.79 Å². The highest BCUT2D eigenvalue weighted by Gasteiger charge is 2.07. The van der Waals surface area contributed by atoms with Gasteiger partial charge in [0.05, 0.1) is 5.02 Å². The summed E-state index contributed by atoms with van der Waals surface area (Å²) >= 11 is 7.67. The Morgan fingerprint density at radius 1 is 1.00 bits per heavy atom. The molecule has 3 aromatic rings. The van der Waals surface area contributed by atoms with Gasteiger partial charge in [-0.1, -0.05) is 41.9 Å². The number of nitrogens with one attached hydrogen (secondary N) is 1. The van der Waals surface area contributed by atoms with E-state index in [2.05, 4.69) is 10.3 Å². The molecular weight excluding hydrogens is 340 g/mol. The molecule has 0 fully saturated rings. The molecule has 0 aliphatic rings. The second-order valence-electron chi connectivity index (χ2n) is 5.10. The number of carbonyl (C=O) groups is 1. The maximum absolute atomic E-state index is 12.2. The lowest BCUT2D eigenvalue weighted by Gasteiger charge is -2.06. The van der Waals surface area contributed by atoms with Crippen LogP contribution in [-0.4, -0.2) is 10.9 Å². The van der Waals surface area contributed by atoms with Crippen molar-refractivity contribution in [3.8, 4) is 0 Å². The monoisotopic (exact) mass is 354 g/mol. The van der Waals surface area contributed by atoms with E-state index in [1.165, 1.54) is 0 Å². The highest BCUT2D eigenvalue weighted by molar-refractivity contribution is 7.98. The van der Waals surface area contributed by atoms with E-state index in [9.17, 15) is 4.79 Å². The van der Waals surface area contributed by atoms with E-state index in [-0.39, 0.29) is 5.91 Å². The number of rotatable bonds is 5. The van der Waals surface area contributed by atoms with E-state index in [4.69, 9.17) is 11.6 Å². The summed E-state index contributed by atoms with van der Waals surface area (Å²) in [7, 11) is 0. The minimum absolute atomic E-state index is 0.117. The van der Waals surface area contributed by atoms with Crippen LogP contribution in [0.3, 0.4) is 0 Å². The molecule has 1 aromatic heterocycles. The minimum Gasteiger partial charge on any atom is -0.322 e. The fourth-order valence-corrected chi connectivity index (χ4v) is 3.23. The molecule has 0 spiro atoms. The standard InChI is InChI=1S/C19H15ClN2OS/c20-17-7-4-12-21-19(17)24-13-14-8-10-15(11-9-14)18(23)22-16-5-2-1-3-6-16/h1-12H,13H2,(H,22,23). The van der Waals surface area contributed by atoms with Crippen LogP contribution in [0.5, 0.6) is 0 Å². The molecule has 0 unspecified atom stereocenters. The van der Waals surface area contributed by atoms with Crippen LogP contribution in [0, 0.1) is 0 Å². The second-order valence-corrected chi connectivity index (χ2v) is 6.47. The number of benzene rings is 2. The van der Waals surface area contributed by atoms with E-state index in [0.717, 1.165) is 22.0 Å². The quantitative estimate of drug-likeness (QED) is 0.634. The van der Waals surface area contributed by atoms with Gasteiger partial charge >= 0.3 is 0 Å². The highest BCUT2D eigenvalue weighted by atomic mass is 35.5. The Morgan fingerprint density at radius 2 is 1.75 bits per heavy atom. The topological polar surface area (TPSA) is 42.0 Å². The van der Waals surface area contributed by atoms with Crippen molar-refractivity contribution in [3.05, 3.63) is 89.1 Å². The number of amides is 1. The number of thioether (sulfide) groups is 1. The summed E-state index contributed by atoms with van der Waals surface area (Å²) in [4.78, 5) is 16.5. The third kappa shape index (κ3) is 4.37. The molecule has 0 atom stereocenters. The number of hydrogen-bond acceptors (Lipinski definition) is 3. The van der Waals surface area contributed by atoms with Crippen molar-refractivity contribution in [1.82, 2.24) is 4.98 Å². The van der Waals surface area contributed by atoms with Crippen LogP contribution in [0.15, 0.2) is 78.0 Å². The zero-order valence-electron chi connectivity index (χ0n) is 12.8. The molecule has 24 heavy (non-hydrogen) atoms. The summed E-state index contributed by atoms with van der Waals surface area (Å²) in [6, 6.07) is 20.6. The Hall–Kier alpha value is -2.30. The van der Waals surface area contributed by atoms with Crippen LogP contribution in [0.2, 0.25) is 5.02 Å². The highest BCUT2D eigenvalue weighted by Crippen LogP contribution is 2.27. The van der Waals surface area contributed by atoms with Gasteiger partial charge in [-0.25, -0.2) is 4.98 Å². The Balaban J connectivity index is 1.61. The summed E-state index contributed by atoms with van der Waals surface area (Å²) in [6.07, 6.45) is 1.73. The number of pyridine rings is 1. The molecule has 0 saturated carbocycles. The van der Waals surface area contributed by atoms with Gasteiger partial charge in [-0.05, 0) is 42.0 Å². The molecule has 1 amide bonds. The maximum Gasteiger partial charge on any atom is 0.255 e. The van der Waals surface area contributed by atoms with Crippen molar-refractivity contribution in [2.24, 2.45) is 0 Å². The van der Waals surface area contributed by atoms with Crippen molar-refractivity contribution in [3.63, 3.8) is 0 Å². The lowest BCUT2D eigenvalue weighted by Crippen LogP contribution is -2.11. The SMILES string of the molecule is O=C(Nc1ccccc1)c1ccc(CSc2ncccc2Cl)cc1. The van der Waals surface area contributed by atoms with Crippen LogP contribution in [0.25, 0.3) is 0 Å². The number of anilines is 1. The molecular formula is C19H15ClN2OS. The molecule has 3 nitrogen and oxygen atoms in total. The van der Waals surface area contributed by atoms with Crippen LogP contribution in [0.1, 0.15) is 15.9 Å². The Bertz CT molecular complexity index is 822. The third-order valence-electron chi connectivity index (χ3n) is 3.35. The van der Waals surface area contributed by atoms with Crippen molar-refractivity contribution in [2.75, 3.05) is 5.32 Å². The first-order chi connectivity index (χ1) is 11.7. The number of aromatic nitrogens is 1. The van der Waals surface area contributed by atoms with Gasteiger partial charge < -0.3 is 5.32 Å². The van der Waals surface area contributed by atoms with E-state index in [1.807, 2.05) is 66.7 Å². The maximum atomic E-state index is 12.2. The summed E-state index contributed by atoms with van der Waals surface area (Å²) in [5, 5.41) is 4.34. The Kier molecular flexibility index (Phi) is 5.51. The first-order valence-corrected chi connectivity index (χ1v) is 8.77. The molecule has 1 heterocycles. The zero-order chi connectivity index (χ0) is 16.8. The molecule has 120 valence electrons. The molecule has 2 aromatic carbocycles. The van der Waals surface area contributed by atoms with Crippen LogP contribution in [0.4, 0.5) is 5.69 Å². The number of carbonyl (C=O) groups excluding carboxylic acids is 1. The fourth-order valence-electron chi connectivity index (χ4n) is 2.11. The predicted octanol–water partition coefficient (Wildman–Crippen LogP) is 5.28. The first kappa shape index (κ1) is 16.6. The molecule has 5 heteroatoms. The van der Waals surface area contributed by atoms with Gasteiger partial charge in [-0.3, -0.25) is 4.79 Å². The van der Waals surface area contributed by atoms with Gasteiger partial charge in [-0.15, -0.1) is 11.8 Å². The van der Waals surface area contributed by atoms with Crippen molar-refractivity contribution in [1.29, 1.82) is 0 Å². The smallest absolute Gasteiger partial charge is 0.255 e. The van der Waals surface area contributed by atoms with Gasteiger partial charge in [-0.2, -0.15) is 0 Å². The minimum atomic E-state index is -0.117. The molecule has 0 aliphatic heterocycles. The van der Waals surface area contributed by atoms with E-state index in [1.54, 1.807) is 18.0 Å². The van der Waals surface area contributed by atoms with E-state index < -0.39 is 0 Å². The van der Waals surface area contributed by atoms with Gasteiger partial charge in [0.15, 0.2) is 0 Å². The molecule has 0 radical (unpaired) electrons. The second kappa shape index (κ2) is 7.99. The molecule has 0 saturated heterocycles. The Morgan fingerprint density at radius 3 is 2.46 bits per heavy atom. The van der Waals surface area contributed by atoms with Crippen LogP contribution < -0.4 is 5.32 Å². The number of nitrogens with zero attached hydrogens (tertiary/aromatic N) is 1. The zero-order valence-corrected chi connectivity index (χ0v) is 14.3. The number of hydrogen-bond donors (Lipinski definition) is 1. The van der Waals surface area contributed by atoms with Gasteiger partial charge in [0.1, 0.15) is 5.03 Å². The van der Waals surface area contributed by atoms with Crippen LogP contribution >= 0.6 is 23.4 Å². The van der Waals surface area contributed by atoms with E-state index in [0.29, 0.717) is 10.6 Å². The van der Waals surface area contributed by atoms with Crippen molar-refractivity contribution >= 4 is 35.0 Å². The normalized spacial score (nSPS) is 10.4. The third-order valence-corrected chi connectivity index (χ3v) is 4.84. The summed E-state index contributed by atoms with van der Waals surface area (Å²) in [5.41, 5.74) is 2.52. The first-order valence-electron chi connectivity index (χ1n) is 7.41. The molecule has 0 bridgehead atoms. The van der Waals surface area contributed by atoms with Gasteiger partial charge in [0.2, 0.25) is 0 Å². The average molecular weight is 355 g/mol. The average Bonchev–Trinajstić information content (AvgIpc) is 2.62. The van der Waals surface area contributed by atoms with Gasteiger partial charge in [0.25, 0.3) is 5.91 Å². The fraction of sp³-hybridized carbons (Fsp3) is 0.0526. The summed E-state index contributed by atoms with van der Waals surface area (Å²) in [5.74, 6) is 0.630. The summed E-state index contributed by atoms with van der Waals surface area (Å²) < 4.78 is 0. The van der Waals surface area contributed by atoms with Crippen molar-refractivity contribution in [2.45, 2.75) is 10.8 Å². The molecule has 1 N–H and O–H groups in total. The van der Waals surface area contributed by atoms with E-state index >= 15 is 0 Å². The largest absolute Gasteiger partial charge is 0.322 e. The Labute approximate surface area is 150 Å². The lowest BCUT2D eigenvalue weighted by atomic mass is 10.1. The summed E-state index contributed by atoms with van der Waals surface area (Å²) in [6.45, 7) is 0. The molecule has 0 aliphatic carbocycles. The molecule has 3 rings (SSSR count). The number of halogens is 1. The number of para-hydroxylation sites is 1. The van der Waals surface area contributed by atoms with Crippen LogP contribution in [-0.2, 0) is 5.75 Å². The predicted molar refractivity (Wildman–Crippen MR) is 99.6 cm³/mol. The lowest BCUT2D eigenvalue weighted by molar-refractivity contribution is 0.102. The van der Waals surface area contributed by atoms with Gasteiger partial charge in [0, 0.05) is 23.2 Å².